The molecule has 172 valence electrons. The summed E-state index contributed by atoms with van der Waals surface area (Å²) in [5, 5.41) is 13.8. The molecule has 0 saturated carbocycles. The van der Waals surface area contributed by atoms with E-state index in [4.69, 9.17) is 4.74 Å². The normalized spacial score (nSPS) is 12.1. The zero-order chi connectivity index (χ0) is 23.8. The van der Waals surface area contributed by atoms with Gasteiger partial charge < -0.3 is 9.84 Å². The van der Waals surface area contributed by atoms with Gasteiger partial charge in [0, 0.05) is 0 Å². The van der Waals surface area contributed by atoms with Crippen LogP contribution in [0.2, 0.25) is 0 Å². The molecular formula is C29H26FNO3. The van der Waals surface area contributed by atoms with E-state index in [0.29, 0.717) is 5.75 Å². The van der Waals surface area contributed by atoms with Crippen molar-refractivity contribution in [2.75, 3.05) is 6.86 Å². The number of aliphatic carboxylic acids is 1. The fourth-order valence-corrected chi connectivity index (χ4v) is 4.30. The molecule has 0 aliphatic rings. The molecule has 0 aromatic heterocycles. The monoisotopic (exact) mass is 455 g/mol. The first-order chi connectivity index (χ1) is 16.6. The van der Waals surface area contributed by atoms with Crippen molar-refractivity contribution in [1.29, 1.82) is 0 Å². The van der Waals surface area contributed by atoms with Gasteiger partial charge in [0.05, 0.1) is 5.54 Å². The Balaban J connectivity index is 1.81. The third-order valence-electron chi connectivity index (χ3n) is 5.89. The largest absolute Gasteiger partial charge is 0.480 e. The molecule has 4 nitrogen and oxygen atoms in total. The van der Waals surface area contributed by atoms with E-state index in [2.05, 4.69) is 5.32 Å². The van der Waals surface area contributed by atoms with Crippen LogP contribution in [0, 0.1) is 0 Å². The summed E-state index contributed by atoms with van der Waals surface area (Å²) < 4.78 is 17.3. The molecule has 4 rings (SSSR count). The van der Waals surface area contributed by atoms with Gasteiger partial charge in [-0.3, -0.25) is 10.1 Å². The van der Waals surface area contributed by atoms with E-state index in [1.807, 2.05) is 91.0 Å². The predicted molar refractivity (Wildman–Crippen MR) is 131 cm³/mol. The standard InChI is InChI=1S/C29H26FNO3/c30-21-34-26-18-16-22(17-19-26)20-27(28(32)33)31-29(23-10-4-1-5-11-23,24-12-6-2-7-13-24)25-14-8-3-9-15-25/h1-19,27,31H,20-21H2,(H,32,33)/t27-/m1/s1. The lowest BCUT2D eigenvalue weighted by molar-refractivity contribution is -0.139. The Morgan fingerprint density at radius 2 is 1.21 bits per heavy atom. The van der Waals surface area contributed by atoms with E-state index in [-0.39, 0.29) is 6.42 Å². The van der Waals surface area contributed by atoms with E-state index in [0.717, 1.165) is 22.3 Å². The molecule has 0 aliphatic heterocycles. The van der Waals surface area contributed by atoms with Crippen LogP contribution in [-0.2, 0) is 16.8 Å². The van der Waals surface area contributed by atoms with Gasteiger partial charge in [0.2, 0.25) is 6.86 Å². The zero-order valence-corrected chi connectivity index (χ0v) is 18.6. The lowest BCUT2D eigenvalue weighted by Gasteiger charge is -2.39. The van der Waals surface area contributed by atoms with E-state index < -0.39 is 24.4 Å². The molecule has 0 unspecified atom stereocenters. The molecule has 0 heterocycles. The van der Waals surface area contributed by atoms with Crippen LogP contribution in [-0.4, -0.2) is 24.0 Å². The summed E-state index contributed by atoms with van der Waals surface area (Å²) in [5.74, 6) is -0.561. The van der Waals surface area contributed by atoms with E-state index in [1.54, 1.807) is 24.3 Å². The Hall–Kier alpha value is -3.96. The SMILES string of the molecule is O=C(O)[C@@H](Cc1ccc(OCF)cc1)NC(c1ccccc1)(c1ccccc1)c1ccccc1. The minimum absolute atomic E-state index is 0.236. The molecule has 0 fully saturated rings. The number of halogens is 1. The van der Waals surface area contributed by atoms with Crippen LogP contribution >= 0.6 is 0 Å². The van der Waals surface area contributed by atoms with Crippen LogP contribution in [0.25, 0.3) is 0 Å². The Morgan fingerprint density at radius 1 is 0.765 bits per heavy atom. The number of carboxylic acid groups (broad SMARTS) is 1. The summed E-state index contributed by atoms with van der Waals surface area (Å²) >= 11 is 0. The van der Waals surface area contributed by atoms with Crippen molar-refractivity contribution in [3.63, 3.8) is 0 Å². The Labute approximate surface area is 198 Å². The van der Waals surface area contributed by atoms with Crippen LogP contribution < -0.4 is 10.1 Å². The smallest absolute Gasteiger partial charge is 0.321 e. The second kappa shape index (κ2) is 10.8. The van der Waals surface area contributed by atoms with Gasteiger partial charge in [-0.1, -0.05) is 103 Å². The summed E-state index contributed by atoms with van der Waals surface area (Å²) in [7, 11) is 0. The highest BCUT2D eigenvalue weighted by molar-refractivity contribution is 5.74. The maximum absolute atomic E-state index is 12.5. The molecule has 0 spiro atoms. The molecular weight excluding hydrogens is 429 g/mol. The number of nitrogens with one attached hydrogen (secondary N) is 1. The molecule has 0 aliphatic carbocycles. The fraction of sp³-hybridized carbons (Fsp3) is 0.138. The Kier molecular flexibility index (Phi) is 7.35. The number of benzene rings is 4. The maximum Gasteiger partial charge on any atom is 0.321 e. The maximum atomic E-state index is 12.5. The number of alkyl halides is 1. The summed E-state index contributed by atoms with van der Waals surface area (Å²) in [4.78, 5) is 12.5. The lowest BCUT2D eigenvalue weighted by Crippen LogP contribution is -2.53. The van der Waals surface area contributed by atoms with Crippen molar-refractivity contribution in [2.45, 2.75) is 18.0 Å². The third kappa shape index (κ3) is 5.00. The molecule has 0 saturated heterocycles. The van der Waals surface area contributed by atoms with Gasteiger partial charge in [-0.05, 0) is 40.8 Å². The highest BCUT2D eigenvalue weighted by Crippen LogP contribution is 2.37. The van der Waals surface area contributed by atoms with Gasteiger partial charge in [-0.2, -0.15) is 0 Å². The van der Waals surface area contributed by atoms with Gasteiger partial charge >= 0.3 is 5.97 Å². The van der Waals surface area contributed by atoms with Crippen molar-refractivity contribution in [2.24, 2.45) is 0 Å². The highest BCUT2D eigenvalue weighted by atomic mass is 19.1. The van der Waals surface area contributed by atoms with Crippen LogP contribution in [0.15, 0.2) is 115 Å². The van der Waals surface area contributed by atoms with Crippen LogP contribution in [0.5, 0.6) is 5.75 Å². The van der Waals surface area contributed by atoms with Crippen molar-refractivity contribution in [1.82, 2.24) is 5.32 Å². The number of carboxylic acids is 1. The number of hydrogen-bond donors (Lipinski definition) is 2. The van der Waals surface area contributed by atoms with Crippen LogP contribution in [0.4, 0.5) is 4.39 Å². The van der Waals surface area contributed by atoms with Crippen molar-refractivity contribution >= 4 is 5.97 Å². The minimum Gasteiger partial charge on any atom is -0.480 e. The predicted octanol–water partition coefficient (Wildman–Crippen LogP) is 5.57. The van der Waals surface area contributed by atoms with Crippen molar-refractivity contribution in [3.05, 3.63) is 138 Å². The van der Waals surface area contributed by atoms with Crippen molar-refractivity contribution < 1.29 is 19.0 Å². The first-order valence-corrected chi connectivity index (χ1v) is 11.1. The zero-order valence-electron chi connectivity index (χ0n) is 18.6. The summed E-state index contributed by atoms with van der Waals surface area (Å²) in [6, 6.07) is 35.5. The molecule has 4 aromatic rings. The topological polar surface area (TPSA) is 58.6 Å². The van der Waals surface area contributed by atoms with Gasteiger partial charge in [0.25, 0.3) is 0 Å². The Morgan fingerprint density at radius 3 is 1.59 bits per heavy atom. The Bertz CT molecular complexity index is 1090. The molecule has 4 aromatic carbocycles. The van der Waals surface area contributed by atoms with Crippen molar-refractivity contribution in [3.8, 4) is 5.75 Å². The van der Waals surface area contributed by atoms with Gasteiger partial charge in [-0.15, -0.1) is 0 Å². The average molecular weight is 456 g/mol. The van der Waals surface area contributed by atoms with Gasteiger partial charge in [0.1, 0.15) is 11.8 Å². The minimum atomic E-state index is -0.962. The number of hydrogen-bond acceptors (Lipinski definition) is 3. The second-order valence-corrected chi connectivity index (χ2v) is 7.98. The molecule has 0 bridgehead atoms. The molecule has 1 atom stereocenters. The molecule has 5 heteroatoms. The van der Waals surface area contributed by atoms with E-state index in [1.165, 1.54) is 0 Å². The van der Waals surface area contributed by atoms with E-state index in [9.17, 15) is 14.3 Å². The van der Waals surface area contributed by atoms with Crippen LogP contribution in [0.3, 0.4) is 0 Å². The quantitative estimate of drug-likeness (QED) is 0.307. The molecule has 0 amide bonds. The highest BCUT2D eigenvalue weighted by Gasteiger charge is 2.39. The molecule has 2 N–H and O–H groups in total. The van der Waals surface area contributed by atoms with E-state index >= 15 is 0 Å². The second-order valence-electron chi connectivity index (χ2n) is 7.98. The van der Waals surface area contributed by atoms with Gasteiger partial charge in [0.15, 0.2) is 0 Å². The first kappa shape index (κ1) is 23.2. The summed E-state index contributed by atoms with van der Waals surface area (Å²) in [5.41, 5.74) is 2.71. The summed E-state index contributed by atoms with van der Waals surface area (Å²) in [6.45, 7) is -0.910. The third-order valence-corrected chi connectivity index (χ3v) is 5.89. The summed E-state index contributed by atoms with van der Waals surface area (Å²) in [6.07, 6.45) is 0.236. The molecule has 0 radical (unpaired) electrons. The fourth-order valence-electron chi connectivity index (χ4n) is 4.30. The number of ether oxygens (including phenoxy) is 1. The number of carbonyl (C=O) groups is 1. The van der Waals surface area contributed by atoms with Crippen LogP contribution in [0.1, 0.15) is 22.3 Å². The first-order valence-electron chi connectivity index (χ1n) is 11.1. The number of rotatable bonds is 10. The lowest BCUT2D eigenvalue weighted by atomic mass is 9.76. The molecule has 34 heavy (non-hydrogen) atoms. The van der Waals surface area contributed by atoms with Gasteiger partial charge in [-0.25, -0.2) is 4.39 Å². The average Bonchev–Trinajstić information content (AvgIpc) is 2.89.